The molecule has 0 aliphatic carbocycles. The number of aliphatic imine (C=N–C) groups is 1. The van der Waals surface area contributed by atoms with Gasteiger partial charge in [0.2, 0.25) is 24.8 Å². The predicted octanol–water partition coefficient (Wildman–Crippen LogP) is 3.77. The molecule has 0 bridgehead atoms. The van der Waals surface area contributed by atoms with Gasteiger partial charge >= 0.3 is 0 Å². The number of carbonyl (C=O) groups is 3. The highest BCUT2D eigenvalue weighted by atomic mass is 16.7. The second-order valence-electron chi connectivity index (χ2n) is 9.94. The van der Waals surface area contributed by atoms with E-state index in [-0.39, 0.29) is 19.1 Å². The molecule has 3 amide bonds. The Morgan fingerprint density at radius 1 is 0.905 bits per heavy atom. The highest BCUT2D eigenvalue weighted by molar-refractivity contribution is 6.20. The Morgan fingerprint density at radius 3 is 2.38 bits per heavy atom. The Kier molecular flexibility index (Phi) is 7.38. The minimum atomic E-state index is -1.22. The molecule has 9 heteroatoms. The van der Waals surface area contributed by atoms with Crippen molar-refractivity contribution in [3.05, 3.63) is 125 Å². The highest BCUT2D eigenvalue weighted by Crippen LogP contribution is 2.33. The third kappa shape index (κ3) is 5.44. The minimum absolute atomic E-state index is 0.0178. The molecule has 0 spiro atoms. The summed E-state index contributed by atoms with van der Waals surface area (Å²) in [6, 6.07) is 30.1. The van der Waals surface area contributed by atoms with Gasteiger partial charge in [0.1, 0.15) is 6.04 Å². The van der Waals surface area contributed by atoms with Crippen LogP contribution in [0.1, 0.15) is 28.3 Å². The zero-order valence-electron chi connectivity index (χ0n) is 22.8. The molecule has 0 radical (unpaired) electrons. The maximum Gasteiger partial charge on any atom is 0.272 e. The van der Waals surface area contributed by atoms with E-state index in [1.807, 2.05) is 60.7 Å². The smallest absolute Gasteiger partial charge is 0.272 e. The average molecular weight is 561 g/mol. The Morgan fingerprint density at radius 2 is 1.60 bits per heavy atom. The average Bonchev–Trinajstić information content (AvgIpc) is 3.46. The number of carbonyl (C=O) groups excluding carboxylic acids is 3. The number of ether oxygens (including phenoxy) is 2. The summed E-state index contributed by atoms with van der Waals surface area (Å²) in [5.74, 6) is -0.143. The lowest BCUT2D eigenvalue weighted by Gasteiger charge is -2.24. The minimum Gasteiger partial charge on any atom is -0.454 e. The molecule has 0 unspecified atom stereocenters. The monoisotopic (exact) mass is 560 g/mol. The van der Waals surface area contributed by atoms with Crippen LogP contribution in [0.4, 0.5) is 5.69 Å². The van der Waals surface area contributed by atoms with Crippen molar-refractivity contribution < 1.29 is 23.9 Å². The number of benzene rings is 4. The molecule has 4 aromatic carbocycles. The molecular formula is C33H28N4O5. The van der Waals surface area contributed by atoms with Gasteiger partial charge in [0.05, 0.1) is 17.8 Å². The molecule has 4 aromatic rings. The van der Waals surface area contributed by atoms with Crippen molar-refractivity contribution in [2.75, 3.05) is 18.7 Å². The number of fused-ring (bicyclic) bond motifs is 2. The van der Waals surface area contributed by atoms with Crippen LogP contribution in [-0.2, 0) is 20.8 Å². The molecule has 9 nitrogen and oxygen atoms in total. The van der Waals surface area contributed by atoms with E-state index in [0.29, 0.717) is 34.0 Å². The number of rotatable bonds is 7. The van der Waals surface area contributed by atoms with Crippen LogP contribution in [-0.4, -0.2) is 43.4 Å². The topological polar surface area (TPSA) is 109 Å². The lowest BCUT2D eigenvalue weighted by atomic mass is 10.0. The van der Waals surface area contributed by atoms with Crippen LogP contribution in [0, 0.1) is 0 Å². The lowest BCUT2D eigenvalue weighted by Crippen LogP contribution is -2.50. The molecular weight excluding hydrogens is 532 g/mol. The number of amides is 3. The van der Waals surface area contributed by atoms with Gasteiger partial charge in [0.25, 0.3) is 5.91 Å². The standard InChI is InChI=1S/C33H28N4O5/c1-37-25-15-9-8-14-24(25)29(22-10-4-2-5-11-22)35-31(33(37)40)36-32(39)30(23-12-6-3-7-13-23)34-28(38)19-21-16-17-26-27(18-21)42-20-41-26/h2-18,30-31H,19-20H2,1H3,(H,34,38)(H,36,39)/t30-,31+/m0/s1. The van der Waals surface area contributed by atoms with Crippen molar-refractivity contribution in [1.29, 1.82) is 0 Å². The van der Waals surface area contributed by atoms with Gasteiger partial charge in [-0.3, -0.25) is 14.4 Å². The molecule has 2 heterocycles. The quantitative estimate of drug-likeness (QED) is 0.358. The lowest BCUT2D eigenvalue weighted by molar-refractivity contribution is -0.131. The number of likely N-dealkylation sites (N-methyl/N-ethyl adjacent to an activating group) is 1. The normalized spacial score (nSPS) is 16.1. The van der Waals surface area contributed by atoms with Crippen molar-refractivity contribution in [2.24, 2.45) is 4.99 Å². The first-order valence-electron chi connectivity index (χ1n) is 13.5. The fraction of sp³-hybridized carbons (Fsp3) is 0.152. The number of para-hydroxylation sites is 1. The van der Waals surface area contributed by atoms with E-state index in [2.05, 4.69) is 10.6 Å². The predicted molar refractivity (Wildman–Crippen MR) is 157 cm³/mol. The van der Waals surface area contributed by atoms with Crippen molar-refractivity contribution in [3.8, 4) is 11.5 Å². The fourth-order valence-corrected chi connectivity index (χ4v) is 5.05. The van der Waals surface area contributed by atoms with Crippen LogP contribution in [0.3, 0.4) is 0 Å². The summed E-state index contributed by atoms with van der Waals surface area (Å²) in [5, 5.41) is 5.65. The van der Waals surface area contributed by atoms with E-state index in [4.69, 9.17) is 14.5 Å². The van der Waals surface area contributed by atoms with Crippen LogP contribution >= 0.6 is 0 Å². The molecule has 2 atom stereocenters. The molecule has 6 rings (SSSR count). The van der Waals surface area contributed by atoms with E-state index in [0.717, 1.165) is 11.1 Å². The van der Waals surface area contributed by atoms with Gasteiger partial charge in [-0.2, -0.15) is 0 Å². The van der Waals surface area contributed by atoms with E-state index >= 15 is 0 Å². The summed E-state index contributed by atoms with van der Waals surface area (Å²) in [6.07, 6.45) is -1.20. The van der Waals surface area contributed by atoms with Gasteiger partial charge in [-0.15, -0.1) is 0 Å². The summed E-state index contributed by atoms with van der Waals surface area (Å²) >= 11 is 0. The Balaban J connectivity index is 1.28. The van der Waals surface area contributed by atoms with Crippen LogP contribution in [0.2, 0.25) is 0 Å². The van der Waals surface area contributed by atoms with Crippen LogP contribution < -0.4 is 25.0 Å². The number of nitrogens with one attached hydrogen (secondary N) is 2. The van der Waals surface area contributed by atoms with Crippen LogP contribution in [0.5, 0.6) is 11.5 Å². The Bertz CT molecular complexity index is 1670. The van der Waals surface area contributed by atoms with E-state index in [9.17, 15) is 14.4 Å². The first-order valence-corrected chi connectivity index (χ1v) is 13.5. The molecule has 42 heavy (non-hydrogen) atoms. The van der Waals surface area contributed by atoms with Gasteiger partial charge in [-0.05, 0) is 29.3 Å². The zero-order chi connectivity index (χ0) is 29.1. The van der Waals surface area contributed by atoms with E-state index < -0.39 is 24.0 Å². The number of anilines is 1. The number of benzodiazepines with no additional fused rings is 1. The molecule has 0 aromatic heterocycles. The first-order chi connectivity index (χ1) is 20.5. The second kappa shape index (κ2) is 11.6. The molecule has 210 valence electrons. The molecule has 2 aliphatic rings. The maximum atomic E-state index is 13.8. The summed E-state index contributed by atoms with van der Waals surface area (Å²) < 4.78 is 10.8. The van der Waals surface area contributed by atoms with Gasteiger partial charge in [-0.1, -0.05) is 84.9 Å². The summed E-state index contributed by atoms with van der Waals surface area (Å²) in [4.78, 5) is 46.9. The van der Waals surface area contributed by atoms with E-state index in [1.165, 1.54) is 4.90 Å². The van der Waals surface area contributed by atoms with Crippen molar-refractivity contribution >= 4 is 29.1 Å². The highest BCUT2D eigenvalue weighted by Gasteiger charge is 2.33. The molecule has 0 saturated carbocycles. The third-order valence-electron chi connectivity index (χ3n) is 7.17. The number of nitrogens with zero attached hydrogens (tertiary/aromatic N) is 2. The molecule has 2 aliphatic heterocycles. The van der Waals surface area contributed by atoms with Gasteiger partial charge in [0, 0.05) is 18.2 Å². The zero-order valence-corrected chi connectivity index (χ0v) is 22.8. The molecule has 0 fully saturated rings. The van der Waals surface area contributed by atoms with Crippen LogP contribution in [0.15, 0.2) is 108 Å². The fourth-order valence-electron chi connectivity index (χ4n) is 5.05. The SMILES string of the molecule is CN1C(=O)[C@@H](NC(=O)[C@@H](NC(=O)Cc2ccc3c(c2)OCO3)c2ccccc2)N=C(c2ccccc2)c2ccccc21. The van der Waals surface area contributed by atoms with Crippen molar-refractivity contribution in [2.45, 2.75) is 18.6 Å². The van der Waals surface area contributed by atoms with Crippen molar-refractivity contribution in [3.63, 3.8) is 0 Å². The van der Waals surface area contributed by atoms with Gasteiger partial charge in [-0.25, -0.2) is 4.99 Å². The number of hydrogen-bond acceptors (Lipinski definition) is 6. The van der Waals surface area contributed by atoms with E-state index in [1.54, 1.807) is 49.5 Å². The third-order valence-corrected chi connectivity index (χ3v) is 7.17. The summed E-state index contributed by atoms with van der Waals surface area (Å²) in [6.45, 7) is 0.135. The summed E-state index contributed by atoms with van der Waals surface area (Å²) in [7, 11) is 1.66. The first kappa shape index (κ1) is 26.8. The summed E-state index contributed by atoms with van der Waals surface area (Å²) in [5.41, 5.74) is 4.12. The van der Waals surface area contributed by atoms with Crippen LogP contribution in [0.25, 0.3) is 0 Å². The number of hydrogen-bond donors (Lipinski definition) is 2. The molecule has 2 N–H and O–H groups in total. The maximum absolute atomic E-state index is 13.8. The Hall–Kier alpha value is -5.44. The van der Waals surface area contributed by atoms with Gasteiger partial charge < -0.3 is 25.0 Å². The Labute approximate surface area is 242 Å². The van der Waals surface area contributed by atoms with Crippen molar-refractivity contribution in [1.82, 2.24) is 10.6 Å². The second-order valence-corrected chi connectivity index (χ2v) is 9.94. The largest absolute Gasteiger partial charge is 0.454 e. The molecule has 0 saturated heterocycles. The van der Waals surface area contributed by atoms with Gasteiger partial charge in [0.15, 0.2) is 11.5 Å².